The maximum absolute atomic E-state index is 5.80. The van der Waals surface area contributed by atoms with E-state index in [1.807, 2.05) is 0 Å². The molecule has 0 bridgehead atoms. The molecule has 2 heteroatoms. The maximum atomic E-state index is 5.80. The molecule has 1 fully saturated rings. The molecule has 0 N–H and O–H groups in total. The highest BCUT2D eigenvalue weighted by Gasteiger charge is 2.13. The molecule has 132 valence electrons. The van der Waals surface area contributed by atoms with E-state index in [4.69, 9.17) is 4.74 Å². The van der Waals surface area contributed by atoms with E-state index in [9.17, 15) is 0 Å². The third-order valence-electron chi connectivity index (χ3n) is 4.89. The summed E-state index contributed by atoms with van der Waals surface area (Å²) < 4.78 is 5.80. The smallest absolute Gasteiger partial charge is 0.107 e. The molecule has 2 unspecified atom stereocenters. The Labute approximate surface area is 143 Å². The van der Waals surface area contributed by atoms with Crippen LogP contribution in [-0.2, 0) is 15.6 Å². The Morgan fingerprint density at radius 2 is 1.45 bits per heavy atom. The fourth-order valence-electron chi connectivity index (χ4n) is 3.34. The third-order valence-corrected chi connectivity index (χ3v) is 6.86. The Morgan fingerprint density at radius 1 is 0.818 bits per heavy atom. The standard InChI is InChI=1S/C20H41OS/c1-3-4-5-6-8-13-18-22(2)19-14-9-7-10-15-20-16-11-12-17-21-20/h20H,3-19H2,1-2H3/q+1. The first-order valence-electron chi connectivity index (χ1n) is 10.0. The van der Waals surface area contributed by atoms with E-state index in [0.717, 1.165) is 6.61 Å². The minimum atomic E-state index is 0.599. The first-order valence-corrected chi connectivity index (χ1v) is 12.0. The number of ether oxygens (including phenoxy) is 1. The van der Waals surface area contributed by atoms with Crippen LogP contribution in [0.5, 0.6) is 0 Å². The molecule has 1 heterocycles. The first kappa shape index (κ1) is 20.4. The van der Waals surface area contributed by atoms with Crippen LogP contribution in [-0.4, -0.2) is 30.5 Å². The van der Waals surface area contributed by atoms with Crippen molar-refractivity contribution in [3.05, 3.63) is 0 Å². The Hall–Kier alpha value is 0.310. The number of hydrogen-bond acceptors (Lipinski definition) is 1. The van der Waals surface area contributed by atoms with Crippen LogP contribution in [0.4, 0.5) is 0 Å². The van der Waals surface area contributed by atoms with Gasteiger partial charge in [0.1, 0.15) is 11.5 Å². The maximum Gasteiger partial charge on any atom is 0.107 e. The third kappa shape index (κ3) is 11.8. The largest absolute Gasteiger partial charge is 0.378 e. The summed E-state index contributed by atoms with van der Waals surface area (Å²) in [6.45, 7) is 3.31. The van der Waals surface area contributed by atoms with E-state index in [2.05, 4.69) is 13.2 Å². The number of hydrogen-bond donors (Lipinski definition) is 0. The summed E-state index contributed by atoms with van der Waals surface area (Å²) in [6, 6.07) is 0. The molecular formula is C20H41OS+. The number of unbranched alkanes of at least 4 members (excludes halogenated alkanes) is 8. The number of rotatable bonds is 14. The highest BCUT2D eigenvalue weighted by atomic mass is 32.2. The van der Waals surface area contributed by atoms with Crippen molar-refractivity contribution in [2.24, 2.45) is 0 Å². The lowest BCUT2D eigenvalue weighted by Crippen LogP contribution is -2.18. The molecule has 1 nitrogen and oxygen atoms in total. The zero-order valence-corrected chi connectivity index (χ0v) is 16.2. The van der Waals surface area contributed by atoms with Crippen LogP contribution in [0.2, 0.25) is 0 Å². The second-order valence-electron chi connectivity index (χ2n) is 7.15. The Balaban J connectivity index is 1.79. The fraction of sp³-hybridized carbons (Fsp3) is 1.00. The van der Waals surface area contributed by atoms with E-state index in [0.29, 0.717) is 17.0 Å². The van der Waals surface area contributed by atoms with Crippen LogP contribution in [0.1, 0.15) is 96.8 Å². The molecular weight excluding hydrogens is 288 g/mol. The van der Waals surface area contributed by atoms with E-state index in [-0.39, 0.29) is 0 Å². The van der Waals surface area contributed by atoms with Crippen LogP contribution in [0.15, 0.2) is 0 Å². The molecule has 0 saturated carbocycles. The molecule has 0 amide bonds. The lowest BCUT2D eigenvalue weighted by atomic mass is 10.0. The summed E-state index contributed by atoms with van der Waals surface area (Å²) in [5.41, 5.74) is 0. The van der Waals surface area contributed by atoms with Gasteiger partial charge in [0, 0.05) is 6.61 Å². The molecule has 0 aromatic heterocycles. The van der Waals surface area contributed by atoms with Crippen molar-refractivity contribution >= 4 is 10.9 Å². The molecule has 1 aliphatic rings. The van der Waals surface area contributed by atoms with Gasteiger partial charge in [-0.25, -0.2) is 0 Å². The summed E-state index contributed by atoms with van der Waals surface area (Å²) in [7, 11) is 0.688. The van der Waals surface area contributed by atoms with Gasteiger partial charge in [0.15, 0.2) is 0 Å². The van der Waals surface area contributed by atoms with Gasteiger partial charge in [0.25, 0.3) is 0 Å². The fourth-order valence-corrected chi connectivity index (χ4v) is 4.94. The van der Waals surface area contributed by atoms with Gasteiger partial charge in [-0.15, -0.1) is 0 Å². The molecule has 1 rings (SSSR count). The Morgan fingerprint density at radius 3 is 2.09 bits per heavy atom. The van der Waals surface area contributed by atoms with E-state index < -0.39 is 0 Å². The minimum absolute atomic E-state index is 0.599. The Bertz CT molecular complexity index is 226. The van der Waals surface area contributed by atoms with Gasteiger partial charge >= 0.3 is 0 Å². The second kappa shape index (κ2) is 14.9. The molecule has 0 aromatic carbocycles. The Kier molecular flexibility index (Phi) is 13.8. The second-order valence-corrected chi connectivity index (χ2v) is 9.53. The van der Waals surface area contributed by atoms with Crippen molar-refractivity contribution in [1.29, 1.82) is 0 Å². The molecule has 1 aliphatic heterocycles. The van der Waals surface area contributed by atoms with Crippen molar-refractivity contribution in [3.8, 4) is 0 Å². The van der Waals surface area contributed by atoms with E-state index >= 15 is 0 Å². The van der Waals surface area contributed by atoms with E-state index in [1.165, 1.54) is 101 Å². The summed E-state index contributed by atoms with van der Waals surface area (Å²) in [5, 5.41) is 0. The normalized spacial score (nSPS) is 20.2. The van der Waals surface area contributed by atoms with Gasteiger partial charge in [-0.2, -0.15) is 0 Å². The lowest BCUT2D eigenvalue weighted by Gasteiger charge is -2.22. The van der Waals surface area contributed by atoms with Crippen LogP contribution < -0.4 is 0 Å². The minimum Gasteiger partial charge on any atom is -0.378 e. The average molecular weight is 330 g/mol. The summed E-state index contributed by atoms with van der Waals surface area (Å²) in [4.78, 5) is 0. The van der Waals surface area contributed by atoms with Crippen molar-refractivity contribution in [2.45, 2.75) is 103 Å². The lowest BCUT2D eigenvalue weighted by molar-refractivity contribution is 0.00979. The predicted molar refractivity (Wildman–Crippen MR) is 103 cm³/mol. The zero-order valence-electron chi connectivity index (χ0n) is 15.4. The predicted octanol–water partition coefficient (Wildman–Crippen LogP) is 6.11. The van der Waals surface area contributed by atoms with Gasteiger partial charge in [0.05, 0.1) is 12.4 Å². The summed E-state index contributed by atoms with van der Waals surface area (Å²) in [6.07, 6.45) is 22.8. The van der Waals surface area contributed by atoms with Crippen molar-refractivity contribution in [3.63, 3.8) is 0 Å². The van der Waals surface area contributed by atoms with Crippen molar-refractivity contribution < 1.29 is 4.74 Å². The monoisotopic (exact) mass is 329 g/mol. The topological polar surface area (TPSA) is 9.23 Å². The van der Waals surface area contributed by atoms with Gasteiger partial charge < -0.3 is 4.74 Å². The van der Waals surface area contributed by atoms with Gasteiger partial charge in [-0.1, -0.05) is 45.4 Å². The average Bonchev–Trinajstić information content (AvgIpc) is 2.55. The first-order chi connectivity index (χ1) is 10.8. The van der Waals surface area contributed by atoms with Crippen LogP contribution in [0.3, 0.4) is 0 Å². The highest BCUT2D eigenvalue weighted by molar-refractivity contribution is 7.96. The molecule has 2 atom stereocenters. The summed E-state index contributed by atoms with van der Waals surface area (Å²) >= 11 is 0. The molecule has 1 saturated heterocycles. The molecule has 0 radical (unpaired) electrons. The van der Waals surface area contributed by atoms with Crippen molar-refractivity contribution in [2.75, 3.05) is 24.4 Å². The quantitative estimate of drug-likeness (QED) is 0.276. The van der Waals surface area contributed by atoms with Crippen LogP contribution in [0.25, 0.3) is 0 Å². The zero-order chi connectivity index (χ0) is 15.9. The summed E-state index contributed by atoms with van der Waals surface area (Å²) in [5.74, 6) is 2.97. The van der Waals surface area contributed by atoms with Gasteiger partial charge in [0.2, 0.25) is 0 Å². The SMILES string of the molecule is CCCCCCCC[S+](C)CCCCCCC1CCCCO1. The molecule has 0 aromatic rings. The molecule has 22 heavy (non-hydrogen) atoms. The highest BCUT2D eigenvalue weighted by Crippen LogP contribution is 2.18. The van der Waals surface area contributed by atoms with E-state index in [1.54, 1.807) is 0 Å². The molecule has 0 aliphatic carbocycles. The van der Waals surface area contributed by atoms with Gasteiger partial charge in [-0.3, -0.25) is 0 Å². The van der Waals surface area contributed by atoms with Crippen LogP contribution >= 0.6 is 0 Å². The van der Waals surface area contributed by atoms with Crippen molar-refractivity contribution in [1.82, 2.24) is 0 Å². The molecule has 0 spiro atoms. The van der Waals surface area contributed by atoms with Crippen LogP contribution in [0, 0.1) is 0 Å². The van der Waals surface area contributed by atoms with Gasteiger partial charge in [-0.05, 0) is 62.3 Å².